The summed E-state index contributed by atoms with van der Waals surface area (Å²) in [4.78, 5) is 4.65. The molecule has 0 fully saturated rings. The van der Waals surface area contributed by atoms with Crippen molar-refractivity contribution in [2.24, 2.45) is 5.10 Å². The monoisotopic (exact) mass is 402 g/mol. The average molecular weight is 403 g/mol. The van der Waals surface area contributed by atoms with Crippen LogP contribution in [0.15, 0.2) is 63.9 Å². The predicted octanol–water partition coefficient (Wildman–Crippen LogP) is 3.21. The molecule has 2 N–H and O–H groups in total. The van der Waals surface area contributed by atoms with Gasteiger partial charge in [0.2, 0.25) is 15.2 Å². The number of phenolic OH excluding ortho intramolecular Hbond substituents is 1. The molecular weight excluding hydrogens is 384 g/mol. The summed E-state index contributed by atoms with van der Waals surface area (Å²) >= 11 is 1.36. The molecule has 9 heteroatoms. The van der Waals surface area contributed by atoms with Crippen LogP contribution in [0.1, 0.15) is 5.56 Å². The van der Waals surface area contributed by atoms with Crippen LogP contribution < -0.4 is 5.43 Å². The molecule has 0 spiro atoms. The van der Waals surface area contributed by atoms with E-state index >= 15 is 0 Å². The number of sulfonamides is 1. The van der Waals surface area contributed by atoms with Crippen LogP contribution in [0.25, 0.3) is 11.3 Å². The Morgan fingerprint density at radius 1 is 1.19 bits per heavy atom. The molecule has 0 aliphatic rings. The number of thiazole rings is 1. The molecule has 0 bridgehead atoms. The van der Waals surface area contributed by atoms with Gasteiger partial charge >= 0.3 is 0 Å². The third-order valence-electron chi connectivity index (χ3n) is 3.66. The first-order chi connectivity index (χ1) is 12.9. The Hall–Kier alpha value is -2.75. The van der Waals surface area contributed by atoms with Crippen molar-refractivity contribution in [3.63, 3.8) is 0 Å². The number of hydrogen-bond acceptors (Lipinski definition) is 7. The maximum Gasteiger partial charge on any atom is 0.242 e. The summed E-state index contributed by atoms with van der Waals surface area (Å²) in [5.41, 5.74) is 4.95. The minimum atomic E-state index is -3.50. The van der Waals surface area contributed by atoms with Crippen LogP contribution in [-0.2, 0) is 10.0 Å². The molecule has 0 saturated carbocycles. The Morgan fingerprint density at radius 3 is 2.70 bits per heavy atom. The third kappa shape index (κ3) is 4.51. The molecular formula is C18H18N4O3S2. The number of nitrogens with zero attached hydrogens (tertiary/aromatic N) is 3. The lowest BCUT2D eigenvalue weighted by Crippen LogP contribution is -2.22. The van der Waals surface area contributed by atoms with Gasteiger partial charge in [-0.2, -0.15) is 5.10 Å². The van der Waals surface area contributed by atoms with E-state index in [2.05, 4.69) is 15.5 Å². The summed E-state index contributed by atoms with van der Waals surface area (Å²) in [6.07, 6.45) is 1.57. The minimum Gasteiger partial charge on any atom is -0.508 e. The van der Waals surface area contributed by atoms with Crippen molar-refractivity contribution < 1.29 is 13.5 Å². The molecule has 0 aliphatic carbocycles. The number of nitrogens with one attached hydrogen (secondary N) is 1. The number of anilines is 1. The smallest absolute Gasteiger partial charge is 0.242 e. The highest BCUT2D eigenvalue weighted by atomic mass is 32.2. The summed E-state index contributed by atoms with van der Waals surface area (Å²) in [5.74, 6) is 0.169. The van der Waals surface area contributed by atoms with Gasteiger partial charge in [-0.05, 0) is 29.8 Å². The first kappa shape index (κ1) is 19.0. The largest absolute Gasteiger partial charge is 0.508 e. The van der Waals surface area contributed by atoms with Gasteiger partial charge < -0.3 is 5.11 Å². The molecule has 3 rings (SSSR count). The molecule has 3 aromatic rings. The number of benzene rings is 2. The van der Waals surface area contributed by atoms with E-state index in [4.69, 9.17) is 0 Å². The molecule has 1 heterocycles. The lowest BCUT2D eigenvalue weighted by Gasteiger charge is -2.11. The highest BCUT2D eigenvalue weighted by molar-refractivity contribution is 7.89. The SMILES string of the molecule is CN(C)S(=O)(=O)c1cccc(-c2csc(N/N=C/c3cccc(O)c3)n2)c1. The molecule has 0 saturated heterocycles. The molecule has 7 nitrogen and oxygen atoms in total. The van der Waals surface area contributed by atoms with Crippen LogP contribution in [0.4, 0.5) is 5.13 Å². The van der Waals surface area contributed by atoms with Gasteiger partial charge in [0.05, 0.1) is 16.8 Å². The second kappa shape index (κ2) is 7.87. The first-order valence-corrected chi connectivity index (χ1v) is 10.2. The van der Waals surface area contributed by atoms with E-state index in [-0.39, 0.29) is 10.6 Å². The van der Waals surface area contributed by atoms with Crippen LogP contribution in [0.3, 0.4) is 0 Å². The summed E-state index contributed by atoms with van der Waals surface area (Å²) < 4.78 is 25.7. The Labute approximate surface area is 161 Å². The van der Waals surface area contributed by atoms with Crippen molar-refractivity contribution in [2.75, 3.05) is 19.5 Å². The van der Waals surface area contributed by atoms with Crippen molar-refractivity contribution in [2.45, 2.75) is 4.90 Å². The fourth-order valence-corrected chi connectivity index (χ4v) is 3.87. The summed E-state index contributed by atoms with van der Waals surface area (Å²) in [5, 5.41) is 15.9. The Kier molecular flexibility index (Phi) is 5.54. The van der Waals surface area contributed by atoms with E-state index in [1.807, 2.05) is 17.5 Å². The van der Waals surface area contributed by atoms with E-state index in [1.165, 1.54) is 29.7 Å². The number of hydrazone groups is 1. The molecule has 0 atom stereocenters. The van der Waals surface area contributed by atoms with E-state index < -0.39 is 10.0 Å². The maximum atomic E-state index is 12.3. The normalized spacial score (nSPS) is 12.0. The zero-order chi connectivity index (χ0) is 19.4. The van der Waals surface area contributed by atoms with Gasteiger partial charge in [0.15, 0.2) is 0 Å². The van der Waals surface area contributed by atoms with E-state index in [0.29, 0.717) is 16.4 Å². The second-order valence-corrected chi connectivity index (χ2v) is 8.83. The molecule has 0 aliphatic heterocycles. The second-order valence-electron chi connectivity index (χ2n) is 5.82. The van der Waals surface area contributed by atoms with Gasteiger partial charge in [0, 0.05) is 25.0 Å². The van der Waals surface area contributed by atoms with Crippen LogP contribution >= 0.6 is 11.3 Å². The quantitative estimate of drug-likeness (QED) is 0.488. The molecule has 140 valence electrons. The zero-order valence-electron chi connectivity index (χ0n) is 14.7. The van der Waals surface area contributed by atoms with Crippen molar-refractivity contribution in [1.82, 2.24) is 9.29 Å². The molecule has 0 radical (unpaired) electrons. The summed E-state index contributed by atoms with van der Waals surface area (Å²) in [6, 6.07) is 13.4. The molecule has 2 aromatic carbocycles. The Balaban J connectivity index is 1.76. The van der Waals surface area contributed by atoms with Gasteiger partial charge in [-0.3, -0.25) is 5.43 Å². The molecule has 27 heavy (non-hydrogen) atoms. The van der Waals surface area contributed by atoms with Crippen molar-refractivity contribution in [3.8, 4) is 17.0 Å². The first-order valence-electron chi connectivity index (χ1n) is 7.93. The van der Waals surface area contributed by atoms with Crippen molar-refractivity contribution >= 4 is 32.7 Å². The average Bonchev–Trinajstić information content (AvgIpc) is 3.11. The van der Waals surface area contributed by atoms with Crippen molar-refractivity contribution in [3.05, 3.63) is 59.5 Å². The minimum absolute atomic E-state index is 0.169. The highest BCUT2D eigenvalue weighted by Crippen LogP contribution is 2.27. The van der Waals surface area contributed by atoms with E-state index in [0.717, 1.165) is 5.56 Å². The standard InChI is InChI=1S/C18H18N4O3S2/c1-22(2)27(24,25)16-8-4-6-14(10-16)17-12-26-18(20-17)21-19-11-13-5-3-7-15(23)9-13/h3-12,23H,1-2H3,(H,20,21)/b19-11+. The predicted molar refractivity (Wildman–Crippen MR) is 108 cm³/mol. The van der Waals surface area contributed by atoms with E-state index in [9.17, 15) is 13.5 Å². The van der Waals surface area contributed by atoms with Crippen LogP contribution in [0, 0.1) is 0 Å². The number of aromatic hydroxyl groups is 1. The lowest BCUT2D eigenvalue weighted by atomic mass is 10.2. The van der Waals surface area contributed by atoms with Crippen LogP contribution in [-0.4, -0.2) is 43.1 Å². The number of phenols is 1. The number of rotatable bonds is 6. The number of hydrogen-bond donors (Lipinski definition) is 2. The van der Waals surface area contributed by atoms with Gasteiger partial charge in [-0.1, -0.05) is 24.3 Å². The Morgan fingerprint density at radius 2 is 1.96 bits per heavy atom. The highest BCUT2D eigenvalue weighted by Gasteiger charge is 2.18. The zero-order valence-corrected chi connectivity index (χ0v) is 16.3. The third-order valence-corrected chi connectivity index (χ3v) is 6.21. The fourth-order valence-electron chi connectivity index (χ4n) is 2.25. The maximum absolute atomic E-state index is 12.3. The lowest BCUT2D eigenvalue weighted by molar-refractivity contribution is 0.475. The number of aromatic nitrogens is 1. The molecule has 0 amide bonds. The fraction of sp³-hybridized carbons (Fsp3) is 0.111. The van der Waals surface area contributed by atoms with Gasteiger partial charge in [-0.15, -0.1) is 11.3 Å². The molecule has 0 unspecified atom stereocenters. The topological polar surface area (TPSA) is 94.9 Å². The van der Waals surface area contributed by atoms with Gasteiger partial charge in [0.25, 0.3) is 0 Å². The van der Waals surface area contributed by atoms with Gasteiger partial charge in [0.1, 0.15) is 5.75 Å². The van der Waals surface area contributed by atoms with E-state index in [1.54, 1.807) is 42.6 Å². The Bertz CT molecular complexity index is 1080. The van der Waals surface area contributed by atoms with Crippen LogP contribution in [0.5, 0.6) is 5.75 Å². The molecule has 1 aromatic heterocycles. The van der Waals surface area contributed by atoms with Crippen molar-refractivity contribution in [1.29, 1.82) is 0 Å². The summed E-state index contributed by atoms with van der Waals surface area (Å²) in [6.45, 7) is 0. The van der Waals surface area contributed by atoms with Crippen LogP contribution in [0.2, 0.25) is 0 Å². The summed E-state index contributed by atoms with van der Waals surface area (Å²) in [7, 11) is -0.505. The van der Waals surface area contributed by atoms with Gasteiger partial charge in [-0.25, -0.2) is 17.7 Å².